The smallest absolute Gasteiger partial charge is 0.122 e. The van der Waals surface area contributed by atoms with E-state index in [1.807, 2.05) is 6.92 Å². The van der Waals surface area contributed by atoms with Gasteiger partial charge in [-0.2, -0.15) is 5.10 Å². The molecule has 102 valence electrons. The maximum Gasteiger partial charge on any atom is 0.122 e. The van der Waals surface area contributed by atoms with Gasteiger partial charge in [0.25, 0.3) is 0 Å². The van der Waals surface area contributed by atoms with Crippen molar-refractivity contribution in [3.05, 3.63) is 50.7 Å². The largest absolute Gasteiger partial charge is 0.382 e. The molecule has 1 aromatic carbocycles. The third kappa shape index (κ3) is 3.23. The van der Waals surface area contributed by atoms with Crippen LogP contribution in [0.25, 0.3) is 0 Å². The van der Waals surface area contributed by atoms with E-state index in [0.717, 1.165) is 6.42 Å². The Labute approximate surface area is 126 Å². The molecule has 0 aliphatic rings. The summed E-state index contributed by atoms with van der Waals surface area (Å²) in [5, 5.41) is 16.0. The Kier molecular flexibility index (Phi) is 4.74. The van der Waals surface area contributed by atoms with E-state index in [-0.39, 0.29) is 0 Å². The molecule has 1 atom stereocenters. The fourth-order valence-corrected chi connectivity index (χ4v) is 2.71. The van der Waals surface area contributed by atoms with Gasteiger partial charge in [0.2, 0.25) is 0 Å². The zero-order valence-corrected chi connectivity index (χ0v) is 12.5. The molecule has 2 rings (SSSR count). The second-order valence-corrected chi connectivity index (χ2v) is 5.49. The number of aliphatic hydroxyl groups is 1. The molecule has 0 saturated heterocycles. The molecule has 0 saturated carbocycles. The van der Waals surface area contributed by atoms with Gasteiger partial charge in [0.1, 0.15) is 6.10 Å². The van der Waals surface area contributed by atoms with Gasteiger partial charge in [0.15, 0.2) is 0 Å². The second kappa shape index (κ2) is 6.14. The van der Waals surface area contributed by atoms with Crippen LogP contribution in [0, 0.1) is 0 Å². The fraction of sp³-hybridized carbons (Fsp3) is 0.308. The van der Waals surface area contributed by atoms with Gasteiger partial charge in [-0.05, 0) is 30.2 Å². The van der Waals surface area contributed by atoms with E-state index < -0.39 is 6.10 Å². The quantitative estimate of drug-likeness (QED) is 0.910. The van der Waals surface area contributed by atoms with E-state index in [2.05, 4.69) is 5.10 Å². The lowest BCUT2D eigenvalue weighted by Gasteiger charge is -2.15. The first kappa shape index (κ1) is 14.7. The van der Waals surface area contributed by atoms with E-state index in [1.165, 1.54) is 6.20 Å². The molecule has 1 N–H and O–H groups in total. The Morgan fingerprint density at radius 3 is 2.42 bits per heavy atom. The lowest BCUT2D eigenvalue weighted by Crippen LogP contribution is -2.10. The number of aryl methyl sites for hydroxylation is 1. The van der Waals surface area contributed by atoms with Crippen molar-refractivity contribution in [2.45, 2.75) is 26.0 Å². The first-order chi connectivity index (χ1) is 9.02. The van der Waals surface area contributed by atoms with Crippen molar-refractivity contribution in [3.63, 3.8) is 0 Å². The van der Waals surface area contributed by atoms with Crippen LogP contribution in [-0.4, -0.2) is 14.9 Å². The number of rotatable bonds is 4. The van der Waals surface area contributed by atoms with E-state index in [0.29, 0.717) is 32.9 Å². The predicted molar refractivity (Wildman–Crippen MR) is 78.1 cm³/mol. The van der Waals surface area contributed by atoms with Crippen LogP contribution in [0.15, 0.2) is 24.4 Å². The molecule has 0 aliphatic carbocycles. The van der Waals surface area contributed by atoms with Crippen molar-refractivity contribution in [2.24, 2.45) is 0 Å². The van der Waals surface area contributed by atoms with Crippen molar-refractivity contribution < 1.29 is 5.11 Å². The highest BCUT2D eigenvalue weighted by Crippen LogP contribution is 2.31. The molecule has 0 fully saturated rings. The number of halogens is 3. The first-order valence-electron chi connectivity index (χ1n) is 5.88. The minimum atomic E-state index is -0.905. The van der Waals surface area contributed by atoms with Crippen molar-refractivity contribution >= 4 is 34.8 Å². The summed E-state index contributed by atoms with van der Waals surface area (Å²) >= 11 is 18.0. The molecular formula is C13H13Cl3N2O. The summed E-state index contributed by atoms with van der Waals surface area (Å²) in [6.45, 7) is 2.72. The third-order valence-corrected chi connectivity index (χ3v) is 3.46. The summed E-state index contributed by atoms with van der Waals surface area (Å²) < 4.78 is 1.70. The van der Waals surface area contributed by atoms with Gasteiger partial charge in [0, 0.05) is 16.6 Å². The van der Waals surface area contributed by atoms with Gasteiger partial charge >= 0.3 is 0 Å². The summed E-state index contributed by atoms with van der Waals surface area (Å²) in [6, 6.07) is 4.94. The standard InChI is InChI=1S/C13H13Cl3N2O/c1-2-3-18-12(11(16)7-17-18)13(19)8-4-9(14)6-10(15)5-8/h4-7,13,19H,2-3H2,1H3. The van der Waals surface area contributed by atoms with Crippen LogP contribution in [0.1, 0.15) is 30.7 Å². The van der Waals surface area contributed by atoms with Crippen LogP contribution in [0.3, 0.4) is 0 Å². The van der Waals surface area contributed by atoms with Crippen LogP contribution in [-0.2, 0) is 6.54 Å². The van der Waals surface area contributed by atoms with Crippen LogP contribution < -0.4 is 0 Å². The molecule has 19 heavy (non-hydrogen) atoms. The lowest BCUT2D eigenvalue weighted by atomic mass is 10.1. The summed E-state index contributed by atoms with van der Waals surface area (Å²) in [7, 11) is 0. The normalized spacial score (nSPS) is 12.7. The van der Waals surface area contributed by atoms with Crippen LogP contribution in [0.2, 0.25) is 15.1 Å². The topological polar surface area (TPSA) is 38.0 Å². The van der Waals surface area contributed by atoms with Gasteiger partial charge < -0.3 is 5.11 Å². The van der Waals surface area contributed by atoms with Crippen LogP contribution in [0.5, 0.6) is 0 Å². The van der Waals surface area contributed by atoms with E-state index >= 15 is 0 Å². The number of nitrogens with zero attached hydrogens (tertiary/aromatic N) is 2. The Balaban J connectivity index is 2.43. The molecular weight excluding hydrogens is 307 g/mol. The maximum absolute atomic E-state index is 10.5. The van der Waals surface area contributed by atoms with Crippen molar-refractivity contribution in [2.75, 3.05) is 0 Å². The Morgan fingerprint density at radius 2 is 1.84 bits per heavy atom. The van der Waals surface area contributed by atoms with Gasteiger partial charge in [-0.15, -0.1) is 0 Å². The highest BCUT2D eigenvalue weighted by Gasteiger charge is 2.20. The molecule has 0 bridgehead atoms. The van der Waals surface area contributed by atoms with Crippen LogP contribution >= 0.6 is 34.8 Å². The summed E-state index contributed by atoms with van der Waals surface area (Å²) in [6.07, 6.45) is 1.52. The Morgan fingerprint density at radius 1 is 1.21 bits per heavy atom. The molecule has 1 aromatic heterocycles. The van der Waals surface area contributed by atoms with Crippen molar-refractivity contribution in [1.82, 2.24) is 9.78 Å². The average molecular weight is 320 g/mol. The molecule has 0 amide bonds. The first-order valence-corrected chi connectivity index (χ1v) is 7.01. The third-order valence-electron chi connectivity index (χ3n) is 2.73. The highest BCUT2D eigenvalue weighted by atomic mass is 35.5. The Hall–Kier alpha value is -0.740. The van der Waals surface area contributed by atoms with Gasteiger partial charge in [-0.25, -0.2) is 0 Å². The molecule has 1 heterocycles. The van der Waals surface area contributed by atoms with Crippen molar-refractivity contribution in [3.8, 4) is 0 Å². The SMILES string of the molecule is CCCn1ncc(Cl)c1C(O)c1cc(Cl)cc(Cl)c1. The second-order valence-electron chi connectivity index (χ2n) is 4.21. The number of aromatic nitrogens is 2. The maximum atomic E-state index is 10.5. The van der Waals surface area contributed by atoms with Gasteiger partial charge in [0.05, 0.1) is 16.9 Å². The summed E-state index contributed by atoms with van der Waals surface area (Å²) in [5.74, 6) is 0. The zero-order valence-electron chi connectivity index (χ0n) is 10.3. The van der Waals surface area contributed by atoms with Crippen LogP contribution in [0.4, 0.5) is 0 Å². The van der Waals surface area contributed by atoms with E-state index in [4.69, 9.17) is 34.8 Å². The number of aliphatic hydroxyl groups excluding tert-OH is 1. The Bertz CT molecular complexity index is 563. The molecule has 0 aliphatic heterocycles. The number of benzene rings is 1. The number of hydrogen-bond donors (Lipinski definition) is 1. The molecule has 6 heteroatoms. The monoisotopic (exact) mass is 318 g/mol. The lowest BCUT2D eigenvalue weighted by molar-refractivity contribution is 0.207. The highest BCUT2D eigenvalue weighted by molar-refractivity contribution is 6.34. The minimum absolute atomic E-state index is 0.428. The van der Waals surface area contributed by atoms with Crippen molar-refractivity contribution in [1.29, 1.82) is 0 Å². The zero-order chi connectivity index (χ0) is 14.0. The molecule has 3 nitrogen and oxygen atoms in total. The molecule has 1 unspecified atom stereocenters. The average Bonchev–Trinajstić information content (AvgIpc) is 2.69. The molecule has 0 radical (unpaired) electrons. The minimum Gasteiger partial charge on any atom is -0.382 e. The van der Waals surface area contributed by atoms with E-state index in [9.17, 15) is 5.11 Å². The predicted octanol–water partition coefficient (Wildman–Crippen LogP) is 4.34. The fourth-order valence-electron chi connectivity index (χ4n) is 1.92. The molecule has 2 aromatic rings. The van der Waals surface area contributed by atoms with Gasteiger partial charge in [-0.1, -0.05) is 41.7 Å². The van der Waals surface area contributed by atoms with Gasteiger partial charge in [-0.3, -0.25) is 4.68 Å². The summed E-state index contributed by atoms with van der Waals surface area (Å²) in [5.41, 5.74) is 1.15. The molecule has 0 spiro atoms. The number of hydrogen-bond acceptors (Lipinski definition) is 2. The van der Waals surface area contributed by atoms with E-state index in [1.54, 1.807) is 22.9 Å². The summed E-state index contributed by atoms with van der Waals surface area (Å²) in [4.78, 5) is 0.